The fourth-order valence-corrected chi connectivity index (χ4v) is 6.29. The Morgan fingerprint density at radius 1 is 1.28 bits per heavy atom. The van der Waals surface area contributed by atoms with Gasteiger partial charge in [0.2, 0.25) is 10.0 Å². The monoisotopic (exact) mass is 479 g/mol. The van der Waals surface area contributed by atoms with E-state index in [1.54, 1.807) is 25.3 Å². The van der Waals surface area contributed by atoms with Crippen molar-refractivity contribution in [2.75, 3.05) is 6.54 Å². The van der Waals surface area contributed by atoms with Gasteiger partial charge in [0.25, 0.3) is 0 Å². The molecule has 0 unspecified atom stereocenters. The first kappa shape index (κ1) is 24.3. The van der Waals surface area contributed by atoms with Crippen LogP contribution < -0.4 is 10.0 Å². The second kappa shape index (κ2) is 10.5. The summed E-state index contributed by atoms with van der Waals surface area (Å²) < 4.78 is 33.1. The summed E-state index contributed by atoms with van der Waals surface area (Å²) in [7, 11) is -3.75. The average molecular weight is 480 g/mol. The van der Waals surface area contributed by atoms with Crippen LogP contribution in [0, 0.1) is 0 Å². The fraction of sp³-hybridized carbons (Fsp3) is 0.500. The van der Waals surface area contributed by atoms with Gasteiger partial charge in [-0.3, -0.25) is 4.79 Å². The van der Waals surface area contributed by atoms with Crippen molar-refractivity contribution in [3.63, 3.8) is 0 Å². The number of thiazole rings is 1. The quantitative estimate of drug-likeness (QED) is 0.552. The Balaban J connectivity index is 1.74. The predicted molar refractivity (Wildman–Crippen MR) is 124 cm³/mol. The average Bonchev–Trinajstić information content (AvgIpc) is 3.23. The Bertz CT molecular complexity index is 1060. The van der Waals surface area contributed by atoms with Crippen LogP contribution in [0.2, 0.25) is 0 Å². The summed E-state index contributed by atoms with van der Waals surface area (Å²) in [6, 6.07) is 4.75. The summed E-state index contributed by atoms with van der Waals surface area (Å²) in [4.78, 5) is 28.4. The van der Waals surface area contributed by atoms with Crippen LogP contribution in [0.4, 0.5) is 4.79 Å². The number of benzene rings is 1. The highest BCUT2D eigenvalue weighted by Crippen LogP contribution is 2.39. The summed E-state index contributed by atoms with van der Waals surface area (Å²) in [5, 5.41) is 3.87. The van der Waals surface area contributed by atoms with Crippen LogP contribution in [0.5, 0.6) is 0 Å². The first-order valence-electron chi connectivity index (χ1n) is 10.8. The Hall–Kier alpha value is -2.30. The lowest BCUT2D eigenvalue weighted by Gasteiger charge is -2.28. The topological polar surface area (TPSA) is 114 Å². The number of nitrogens with one attached hydrogen (secondary N) is 2. The summed E-state index contributed by atoms with van der Waals surface area (Å²) in [6.45, 7) is 5.60. The molecule has 1 saturated carbocycles. The summed E-state index contributed by atoms with van der Waals surface area (Å²) in [5.74, 6) is 0.260. The molecule has 1 heterocycles. The smallest absolute Gasteiger partial charge is 0.407 e. The predicted octanol–water partition coefficient (Wildman–Crippen LogP) is 4.08. The van der Waals surface area contributed by atoms with Gasteiger partial charge in [-0.15, -0.1) is 11.3 Å². The summed E-state index contributed by atoms with van der Waals surface area (Å²) in [6.07, 6.45) is 5.23. The number of rotatable bonds is 8. The molecule has 3 rings (SSSR count). The molecule has 0 aliphatic heterocycles. The van der Waals surface area contributed by atoms with Gasteiger partial charge in [-0.25, -0.2) is 22.9 Å². The molecule has 1 amide bonds. The van der Waals surface area contributed by atoms with Gasteiger partial charge < -0.3 is 10.1 Å². The SMILES string of the molecule is CCNS(=O)(=O)c1cc(C=O)ccc1-c1cnc(C2CCC(NC(=O)OC(C)C)CC2)s1. The number of hydrogen-bond acceptors (Lipinski definition) is 7. The van der Waals surface area contributed by atoms with E-state index >= 15 is 0 Å². The number of sulfonamides is 1. The number of amides is 1. The molecule has 0 bridgehead atoms. The molecule has 10 heteroatoms. The lowest BCUT2D eigenvalue weighted by molar-refractivity contribution is 0.109. The zero-order valence-corrected chi connectivity index (χ0v) is 20.1. The first-order chi connectivity index (χ1) is 15.2. The normalized spacial score (nSPS) is 19.0. The number of ether oxygens (including phenoxy) is 1. The third kappa shape index (κ3) is 5.93. The fourth-order valence-electron chi connectivity index (χ4n) is 3.81. The van der Waals surface area contributed by atoms with Gasteiger partial charge in [-0.2, -0.15) is 0 Å². The molecule has 1 aromatic carbocycles. The number of carbonyl (C=O) groups excluding carboxylic acids is 2. The Labute approximate surface area is 192 Å². The number of aldehydes is 1. The number of aromatic nitrogens is 1. The molecule has 0 radical (unpaired) electrons. The molecule has 32 heavy (non-hydrogen) atoms. The van der Waals surface area contributed by atoms with E-state index in [1.807, 2.05) is 13.8 Å². The van der Waals surface area contributed by atoms with Crippen molar-refractivity contribution in [2.45, 2.75) is 69.4 Å². The maximum Gasteiger partial charge on any atom is 0.407 e. The molecular weight excluding hydrogens is 450 g/mol. The van der Waals surface area contributed by atoms with Crippen molar-refractivity contribution in [1.29, 1.82) is 0 Å². The molecule has 174 valence electrons. The highest BCUT2D eigenvalue weighted by molar-refractivity contribution is 7.89. The zero-order valence-electron chi connectivity index (χ0n) is 18.5. The molecular formula is C22H29N3O5S2. The van der Waals surface area contributed by atoms with Crippen LogP contribution in [-0.2, 0) is 14.8 Å². The zero-order chi connectivity index (χ0) is 23.3. The van der Waals surface area contributed by atoms with Gasteiger partial charge in [0, 0.05) is 35.8 Å². The van der Waals surface area contributed by atoms with Crippen LogP contribution in [0.1, 0.15) is 67.7 Å². The van der Waals surface area contributed by atoms with E-state index in [-0.39, 0.29) is 35.6 Å². The van der Waals surface area contributed by atoms with Crippen molar-refractivity contribution in [2.24, 2.45) is 0 Å². The van der Waals surface area contributed by atoms with E-state index in [4.69, 9.17) is 4.74 Å². The number of carbonyl (C=O) groups is 2. The second-order valence-corrected chi connectivity index (χ2v) is 10.9. The Morgan fingerprint density at radius 3 is 2.62 bits per heavy atom. The van der Waals surface area contributed by atoms with E-state index in [0.29, 0.717) is 17.4 Å². The van der Waals surface area contributed by atoms with E-state index in [0.717, 1.165) is 35.6 Å². The van der Waals surface area contributed by atoms with E-state index in [2.05, 4.69) is 15.0 Å². The largest absolute Gasteiger partial charge is 0.447 e. The second-order valence-electron chi connectivity index (χ2n) is 8.08. The maximum atomic E-state index is 12.7. The van der Waals surface area contributed by atoms with Crippen molar-refractivity contribution < 1.29 is 22.7 Å². The maximum absolute atomic E-state index is 12.7. The van der Waals surface area contributed by atoms with Crippen molar-refractivity contribution in [1.82, 2.24) is 15.0 Å². The standard InChI is InChI=1S/C22H29N3O5S2/c1-4-24-32(28,29)20-11-15(13-26)5-10-18(20)19-12-23-21(31-19)16-6-8-17(9-7-16)25-22(27)30-14(2)3/h5,10-14,16-17,24H,4,6-9H2,1-3H3,(H,25,27). The molecule has 2 aromatic rings. The molecule has 1 fully saturated rings. The molecule has 0 spiro atoms. The molecule has 2 N–H and O–H groups in total. The van der Waals surface area contributed by atoms with Gasteiger partial charge >= 0.3 is 6.09 Å². The van der Waals surface area contributed by atoms with Crippen LogP contribution >= 0.6 is 11.3 Å². The van der Waals surface area contributed by atoms with Crippen LogP contribution in [-0.4, -0.2) is 44.5 Å². The minimum absolute atomic E-state index is 0.0794. The van der Waals surface area contributed by atoms with Crippen LogP contribution in [0.3, 0.4) is 0 Å². The number of alkyl carbamates (subject to hydrolysis) is 1. The van der Waals surface area contributed by atoms with E-state index < -0.39 is 10.0 Å². The van der Waals surface area contributed by atoms with Gasteiger partial charge in [-0.05, 0) is 45.6 Å². The minimum atomic E-state index is -3.75. The molecule has 0 saturated heterocycles. The molecule has 8 nitrogen and oxygen atoms in total. The van der Waals surface area contributed by atoms with E-state index in [9.17, 15) is 18.0 Å². The van der Waals surface area contributed by atoms with Crippen molar-refractivity contribution in [3.8, 4) is 10.4 Å². The first-order valence-corrected chi connectivity index (χ1v) is 13.1. The lowest BCUT2D eigenvalue weighted by atomic mass is 9.86. The van der Waals surface area contributed by atoms with Crippen molar-refractivity contribution in [3.05, 3.63) is 35.0 Å². The molecule has 1 aliphatic rings. The van der Waals surface area contributed by atoms with Crippen LogP contribution in [0.25, 0.3) is 10.4 Å². The third-order valence-electron chi connectivity index (χ3n) is 5.30. The summed E-state index contributed by atoms with van der Waals surface area (Å²) >= 11 is 1.47. The highest BCUT2D eigenvalue weighted by Gasteiger charge is 2.27. The van der Waals surface area contributed by atoms with Gasteiger partial charge in [0.15, 0.2) is 0 Å². The molecule has 0 atom stereocenters. The lowest BCUT2D eigenvalue weighted by Crippen LogP contribution is -2.38. The van der Waals surface area contributed by atoms with Crippen LogP contribution in [0.15, 0.2) is 29.3 Å². The Kier molecular flexibility index (Phi) is 8.02. The van der Waals surface area contributed by atoms with Gasteiger partial charge in [-0.1, -0.05) is 19.1 Å². The Morgan fingerprint density at radius 2 is 2.00 bits per heavy atom. The third-order valence-corrected chi connectivity index (χ3v) is 8.07. The highest BCUT2D eigenvalue weighted by atomic mass is 32.2. The molecule has 1 aromatic heterocycles. The minimum Gasteiger partial charge on any atom is -0.447 e. The number of hydrogen-bond donors (Lipinski definition) is 2. The van der Waals surface area contributed by atoms with E-state index in [1.165, 1.54) is 17.4 Å². The number of nitrogens with zero attached hydrogens (tertiary/aromatic N) is 1. The summed E-state index contributed by atoms with van der Waals surface area (Å²) in [5.41, 5.74) is 0.837. The molecule has 1 aliphatic carbocycles. The van der Waals surface area contributed by atoms with Gasteiger partial charge in [0.05, 0.1) is 20.9 Å². The van der Waals surface area contributed by atoms with Gasteiger partial charge in [0.1, 0.15) is 6.29 Å². The van der Waals surface area contributed by atoms with Crippen molar-refractivity contribution >= 4 is 33.7 Å².